The molecular weight excluding hydrogens is 316 g/mol. The van der Waals surface area contributed by atoms with Crippen LogP contribution in [0.4, 0.5) is 11.5 Å². The van der Waals surface area contributed by atoms with E-state index in [0.717, 1.165) is 23.3 Å². The van der Waals surface area contributed by atoms with Crippen LogP contribution in [0.5, 0.6) is 0 Å². The molecule has 128 valence electrons. The lowest BCUT2D eigenvalue weighted by Gasteiger charge is -2.00. The van der Waals surface area contributed by atoms with Crippen LogP contribution < -0.4 is 0 Å². The van der Waals surface area contributed by atoms with E-state index in [-0.39, 0.29) is 12.4 Å². The van der Waals surface area contributed by atoms with Crippen molar-refractivity contribution in [2.24, 2.45) is 10.2 Å². The summed E-state index contributed by atoms with van der Waals surface area (Å²) in [7, 11) is 1.36. The zero-order chi connectivity index (χ0) is 17.8. The van der Waals surface area contributed by atoms with E-state index >= 15 is 0 Å². The molecule has 0 bridgehead atoms. The third-order valence-corrected chi connectivity index (χ3v) is 4.03. The molecule has 1 aromatic carbocycles. The SMILES string of the molecule is CCc1ccc(N=Nc2c(CC(=O)OC)nc3c(C)cccn23)cc1. The summed E-state index contributed by atoms with van der Waals surface area (Å²) < 4.78 is 6.61. The van der Waals surface area contributed by atoms with E-state index in [9.17, 15) is 4.79 Å². The summed E-state index contributed by atoms with van der Waals surface area (Å²) in [5, 5.41) is 8.68. The molecule has 0 N–H and O–H groups in total. The van der Waals surface area contributed by atoms with E-state index < -0.39 is 0 Å². The van der Waals surface area contributed by atoms with Gasteiger partial charge in [0.05, 0.1) is 24.9 Å². The molecule has 2 aromatic heterocycles. The summed E-state index contributed by atoms with van der Waals surface area (Å²) in [5.41, 5.74) is 4.31. The number of benzene rings is 1. The number of rotatable bonds is 5. The van der Waals surface area contributed by atoms with Crippen molar-refractivity contribution in [3.05, 3.63) is 59.4 Å². The highest BCUT2D eigenvalue weighted by Gasteiger charge is 2.16. The number of hydrogen-bond donors (Lipinski definition) is 0. The second-order valence-electron chi connectivity index (χ2n) is 5.74. The first-order chi connectivity index (χ1) is 12.1. The molecule has 0 amide bonds. The van der Waals surface area contributed by atoms with E-state index in [1.54, 1.807) is 0 Å². The third-order valence-electron chi connectivity index (χ3n) is 4.03. The van der Waals surface area contributed by atoms with Crippen LogP contribution in [0.25, 0.3) is 5.65 Å². The third kappa shape index (κ3) is 3.57. The lowest BCUT2D eigenvalue weighted by molar-refractivity contribution is -0.139. The molecule has 0 radical (unpaired) electrons. The van der Waals surface area contributed by atoms with Gasteiger partial charge < -0.3 is 4.74 Å². The van der Waals surface area contributed by atoms with Gasteiger partial charge in [-0.25, -0.2) is 4.98 Å². The minimum atomic E-state index is -0.357. The predicted molar refractivity (Wildman–Crippen MR) is 95.6 cm³/mol. The number of hydrogen-bond acceptors (Lipinski definition) is 5. The molecular formula is C19H20N4O2. The largest absolute Gasteiger partial charge is 0.469 e. The fourth-order valence-electron chi connectivity index (χ4n) is 2.58. The molecule has 0 aliphatic heterocycles. The first-order valence-corrected chi connectivity index (χ1v) is 8.16. The molecule has 2 heterocycles. The number of imidazole rings is 1. The van der Waals surface area contributed by atoms with Gasteiger partial charge in [0.2, 0.25) is 0 Å². The molecule has 3 aromatic rings. The van der Waals surface area contributed by atoms with E-state index in [0.29, 0.717) is 11.5 Å². The summed E-state index contributed by atoms with van der Waals surface area (Å²) >= 11 is 0. The van der Waals surface area contributed by atoms with Crippen molar-refractivity contribution in [3.8, 4) is 0 Å². The number of esters is 1. The zero-order valence-corrected chi connectivity index (χ0v) is 14.6. The monoisotopic (exact) mass is 336 g/mol. The van der Waals surface area contributed by atoms with Crippen LogP contribution in [-0.2, 0) is 22.4 Å². The maximum Gasteiger partial charge on any atom is 0.311 e. The van der Waals surface area contributed by atoms with Gasteiger partial charge in [-0.2, -0.15) is 0 Å². The second kappa shape index (κ2) is 7.25. The van der Waals surface area contributed by atoms with Crippen molar-refractivity contribution in [3.63, 3.8) is 0 Å². The van der Waals surface area contributed by atoms with Gasteiger partial charge in [-0.15, -0.1) is 10.2 Å². The molecule has 0 aliphatic carbocycles. The summed E-state index contributed by atoms with van der Waals surface area (Å²) in [6.07, 6.45) is 2.90. The molecule has 25 heavy (non-hydrogen) atoms. The Morgan fingerprint density at radius 3 is 2.64 bits per heavy atom. The predicted octanol–water partition coefficient (Wildman–Crippen LogP) is 4.34. The highest BCUT2D eigenvalue weighted by Crippen LogP contribution is 2.26. The number of pyridine rings is 1. The topological polar surface area (TPSA) is 68.3 Å². The van der Waals surface area contributed by atoms with Gasteiger partial charge in [0.1, 0.15) is 5.65 Å². The fraction of sp³-hybridized carbons (Fsp3) is 0.263. The Bertz CT molecular complexity index is 926. The lowest BCUT2D eigenvalue weighted by Crippen LogP contribution is -2.04. The highest BCUT2D eigenvalue weighted by molar-refractivity contribution is 5.74. The summed E-state index contributed by atoms with van der Waals surface area (Å²) in [6.45, 7) is 4.07. The molecule has 0 aliphatic rings. The Hall–Kier alpha value is -3.02. The smallest absolute Gasteiger partial charge is 0.311 e. The van der Waals surface area contributed by atoms with Crippen LogP contribution >= 0.6 is 0 Å². The first kappa shape index (κ1) is 16.8. The normalized spacial score (nSPS) is 11.3. The minimum absolute atomic E-state index is 0.0563. The van der Waals surface area contributed by atoms with Gasteiger partial charge in [0.25, 0.3) is 0 Å². The summed E-state index contributed by atoms with van der Waals surface area (Å²) in [4.78, 5) is 16.2. The average Bonchev–Trinajstić information content (AvgIpc) is 2.99. The average molecular weight is 336 g/mol. The molecule has 0 atom stereocenters. The van der Waals surface area contributed by atoms with Gasteiger partial charge in [-0.1, -0.05) is 25.1 Å². The molecule has 0 saturated heterocycles. The minimum Gasteiger partial charge on any atom is -0.469 e. The van der Waals surface area contributed by atoms with Crippen molar-refractivity contribution in [1.82, 2.24) is 9.38 Å². The number of aromatic nitrogens is 2. The maximum atomic E-state index is 11.7. The molecule has 6 nitrogen and oxygen atoms in total. The number of nitrogens with zero attached hydrogens (tertiary/aromatic N) is 4. The molecule has 0 unspecified atom stereocenters. The molecule has 0 fully saturated rings. The number of carbonyl (C=O) groups excluding carboxylic acids is 1. The van der Waals surface area contributed by atoms with E-state index in [1.165, 1.54) is 12.7 Å². The van der Waals surface area contributed by atoms with Gasteiger partial charge >= 0.3 is 5.97 Å². The van der Waals surface area contributed by atoms with E-state index in [1.807, 2.05) is 53.9 Å². The molecule has 0 saturated carbocycles. The van der Waals surface area contributed by atoms with Crippen LogP contribution in [0.2, 0.25) is 0 Å². The Balaban J connectivity index is 2.02. The summed E-state index contributed by atoms with van der Waals surface area (Å²) in [6, 6.07) is 11.8. The number of fused-ring (bicyclic) bond motifs is 1. The molecule has 3 rings (SSSR count). The molecule has 0 spiro atoms. The van der Waals surface area contributed by atoms with E-state index in [2.05, 4.69) is 22.1 Å². The van der Waals surface area contributed by atoms with Crippen LogP contribution in [0, 0.1) is 6.92 Å². The summed E-state index contributed by atoms with van der Waals surface area (Å²) in [5.74, 6) is 0.188. The Labute approximate surface area is 146 Å². The number of carbonyl (C=O) groups is 1. The van der Waals surface area contributed by atoms with Gasteiger partial charge in [-0.05, 0) is 42.7 Å². The maximum absolute atomic E-state index is 11.7. The van der Waals surface area contributed by atoms with Gasteiger partial charge in [0.15, 0.2) is 5.82 Å². The van der Waals surface area contributed by atoms with Crippen molar-refractivity contribution >= 4 is 23.1 Å². The first-order valence-electron chi connectivity index (χ1n) is 8.16. The van der Waals surface area contributed by atoms with Gasteiger partial charge in [0, 0.05) is 6.20 Å². The van der Waals surface area contributed by atoms with Crippen LogP contribution in [-0.4, -0.2) is 22.5 Å². The second-order valence-corrected chi connectivity index (χ2v) is 5.74. The van der Waals surface area contributed by atoms with Gasteiger partial charge in [-0.3, -0.25) is 9.20 Å². The quantitative estimate of drug-likeness (QED) is 0.514. The number of ether oxygens (including phenoxy) is 1. The highest BCUT2D eigenvalue weighted by atomic mass is 16.5. The standard InChI is InChI=1S/C19H20N4O2/c1-4-14-7-9-15(10-8-14)21-22-19-16(12-17(24)25-3)20-18-13(2)6-5-11-23(18)19/h5-11H,4,12H2,1-3H3. The van der Waals surface area contributed by atoms with Crippen molar-refractivity contribution in [1.29, 1.82) is 0 Å². The fourth-order valence-corrected chi connectivity index (χ4v) is 2.58. The number of azo groups is 1. The van der Waals surface area contributed by atoms with E-state index in [4.69, 9.17) is 4.74 Å². The number of aryl methyl sites for hydroxylation is 2. The molecule has 6 heteroatoms. The number of methoxy groups -OCH3 is 1. The Kier molecular flexibility index (Phi) is 4.88. The Morgan fingerprint density at radius 1 is 1.20 bits per heavy atom. The Morgan fingerprint density at radius 2 is 1.96 bits per heavy atom. The van der Waals surface area contributed by atoms with Crippen LogP contribution in [0.3, 0.4) is 0 Å². The zero-order valence-electron chi connectivity index (χ0n) is 14.6. The van der Waals surface area contributed by atoms with Crippen molar-refractivity contribution in [2.45, 2.75) is 26.7 Å². The van der Waals surface area contributed by atoms with Crippen molar-refractivity contribution < 1.29 is 9.53 Å². The van der Waals surface area contributed by atoms with Crippen LogP contribution in [0.15, 0.2) is 52.8 Å². The van der Waals surface area contributed by atoms with Crippen LogP contribution in [0.1, 0.15) is 23.7 Å². The van der Waals surface area contributed by atoms with Crippen molar-refractivity contribution in [2.75, 3.05) is 7.11 Å². The lowest BCUT2D eigenvalue weighted by atomic mass is 10.2.